The highest BCUT2D eigenvalue weighted by Crippen LogP contribution is 2.32. The van der Waals surface area contributed by atoms with Gasteiger partial charge in [-0.25, -0.2) is 12.7 Å². The second-order valence-electron chi connectivity index (χ2n) is 5.77. The molecular formula is C12H23N3O3S. The predicted molar refractivity (Wildman–Crippen MR) is 73.1 cm³/mol. The molecule has 0 spiro atoms. The minimum Gasteiger partial charge on any atom is -0.341 e. The summed E-state index contributed by atoms with van der Waals surface area (Å²) in [7, 11) is 0.684. The Hall–Kier alpha value is -0.660. The van der Waals surface area contributed by atoms with Gasteiger partial charge in [0.1, 0.15) is 0 Å². The maximum absolute atomic E-state index is 12.0. The first kappa shape index (κ1) is 14.7. The summed E-state index contributed by atoms with van der Waals surface area (Å²) < 4.78 is 25.3. The number of likely N-dealkylation sites (N-methyl/N-ethyl adjacent to an activating group) is 1. The number of hydrogen-bond donors (Lipinski definition) is 0. The lowest BCUT2D eigenvalue weighted by Gasteiger charge is -2.22. The number of sulfonamides is 1. The molecule has 0 bridgehead atoms. The molecule has 0 radical (unpaired) electrons. The van der Waals surface area contributed by atoms with E-state index in [4.69, 9.17) is 0 Å². The molecule has 0 N–H and O–H groups in total. The van der Waals surface area contributed by atoms with Crippen molar-refractivity contribution in [3.63, 3.8) is 0 Å². The van der Waals surface area contributed by atoms with Gasteiger partial charge >= 0.3 is 0 Å². The second kappa shape index (κ2) is 5.38. The molecule has 0 aliphatic carbocycles. The summed E-state index contributed by atoms with van der Waals surface area (Å²) in [5.41, 5.74) is 0. The minimum absolute atomic E-state index is 0.143. The second-order valence-corrected chi connectivity index (χ2v) is 8.03. The van der Waals surface area contributed by atoms with Crippen LogP contribution in [0.25, 0.3) is 0 Å². The van der Waals surface area contributed by atoms with Gasteiger partial charge in [-0.3, -0.25) is 4.79 Å². The van der Waals surface area contributed by atoms with Crippen molar-refractivity contribution in [3.8, 4) is 0 Å². The predicted octanol–water partition coefficient (Wildman–Crippen LogP) is -0.712. The molecule has 0 aromatic carbocycles. The lowest BCUT2D eigenvalue weighted by Crippen LogP contribution is -2.39. The molecule has 110 valence electrons. The minimum atomic E-state index is -3.08. The Morgan fingerprint density at radius 3 is 2.11 bits per heavy atom. The van der Waals surface area contributed by atoms with Crippen molar-refractivity contribution in [2.75, 3.05) is 52.6 Å². The lowest BCUT2D eigenvalue weighted by molar-refractivity contribution is -0.131. The Kier molecular flexibility index (Phi) is 4.17. The molecule has 7 heteroatoms. The van der Waals surface area contributed by atoms with Crippen molar-refractivity contribution in [1.82, 2.24) is 14.1 Å². The quantitative estimate of drug-likeness (QED) is 0.686. The SMILES string of the molecule is CCS(=O)(=O)N1C[C@H]2CN(C(=O)CN(C)C)C[C@@H]2C1. The highest BCUT2D eigenvalue weighted by molar-refractivity contribution is 7.89. The molecule has 0 unspecified atom stereocenters. The zero-order chi connectivity index (χ0) is 14.2. The lowest BCUT2D eigenvalue weighted by atomic mass is 10.0. The summed E-state index contributed by atoms with van der Waals surface area (Å²) in [5, 5.41) is 0. The van der Waals surface area contributed by atoms with Crippen LogP contribution >= 0.6 is 0 Å². The number of carbonyl (C=O) groups excluding carboxylic acids is 1. The van der Waals surface area contributed by atoms with Crippen LogP contribution in [-0.4, -0.2) is 81.0 Å². The van der Waals surface area contributed by atoms with Gasteiger partial charge in [0, 0.05) is 26.2 Å². The number of rotatable bonds is 4. The first-order valence-corrected chi connectivity index (χ1v) is 8.34. The van der Waals surface area contributed by atoms with Crippen molar-refractivity contribution < 1.29 is 13.2 Å². The summed E-state index contributed by atoms with van der Waals surface area (Å²) in [4.78, 5) is 15.7. The van der Waals surface area contributed by atoms with Gasteiger partial charge < -0.3 is 9.80 Å². The highest BCUT2D eigenvalue weighted by atomic mass is 32.2. The van der Waals surface area contributed by atoms with Crippen LogP contribution in [0.15, 0.2) is 0 Å². The van der Waals surface area contributed by atoms with E-state index in [0.29, 0.717) is 44.6 Å². The van der Waals surface area contributed by atoms with E-state index in [2.05, 4.69) is 0 Å². The molecule has 6 nitrogen and oxygen atoms in total. The monoisotopic (exact) mass is 289 g/mol. The van der Waals surface area contributed by atoms with Gasteiger partial charge in [-0.2, -0.15) is 0 Å². The Bertz CT molecular complexity index is 435. The molecule has 2 atom stereocenters. The van der Waals surface area contributed by atoms with Gasteiger partial charge in [0.15, 0.2) is 0 Å². The third-order valence-corrected chi connectivity index (χ3v) is 5.83. The fourth-order valence-electron chi connectivity index (χ4n) is 2.93. The van der Waals surface area contributed by atoms with Crippen LogP contribution in [0.3, 0.4) is 0 Å². The van der Waals surface area contributed by atoms with Crippen LogP contribution in [0, 0.1) is 11.8 Å². The van der Waals surface area contributed by atoms with Gasteiger partial charge in [0.05, 0.1) is 12.3 Å². The number of fused-ring (bicyclic) bond motifs is 1. The highest BCUT2D eigenvalue weighted by Gasteiger charge is 2.44. The Balaban J connectivity index is 1.92. The van der Waals surface area contributed by atoms with Crippen LogP contribution in [0.5, 0.6) is 0 Å². The molecule has 2 heterocycles. The van der Waals surface area contributed by atoms with E-state index < -0.39 is 10.0 Å². The fraction of sp³-hybridized carbons (Fsp3) is 0.917. The van der Waals surface area contributed by atoms with Crippen molar-refractivity contribution in [2.45, 2.75) is 6.92 Å². The zero-order valence-electron chi connectivity index (χ0n) is 11.9. The smallest absolute Gasteiger partial charge is 0.236 e. The van der Waals surface area contributed by atoms with Crippen LogP contribution < -0.4 is 0 Å². The van der Waals surface area contributed by atoms with Gasteiger partial charge in [-0.15, -0.1) is 0 Å². The Morgan fingerprint density at radius 1 is 1.16 bits per heavy atom. The summed E-state index contributed by atoms with van der Waals surface area (Å²) in [6.45, 7) is 4.66. The number of carbonyl (C=O) groups is 1. The molecule has 2 rings (SSSR count). The molecular weight excluding hydrogens is 266 g/mol. The van der Waals surface area contributed by atoms with Crippen molar-refractivity contribution in [3.05, 3.63) is 0 Å². The molecule has 0 aromatic rings. The maximum Gasteiger partial charge on any atom is 0.236 e. The Labute approximate surface area is 115 Å². The summed E-state index contributed by atoms with van der Waals surface area (Å²) in [6.07, 6.45) is 0. The number of amides is 1. The number of likely N-dealkylation sites (tertiary alicyclic amines) is 1. The summed E-state index contributed by atoms with van der Waals surface area (Å²) in [6, 6.07) is 0. The van der Waals surface area contributed by atoms with Crippen molar-refractivity contribution >= 4 is 15.9 Å². The van der Waals surface area contributed by atoms with Gasteiger partial charge in [0.2, 0.25) is 15.9 Å². The van der Waals surface area contributed by atoms with Crippen molar-refractivity contribution in [1.29, 1.82) is 0 Å². The maximum atomic E-state index is 12.0. The van der Waals surface area contributed by atoms with E-state index >= 15 is 0 Å². The van der Waals surface area contributed by atoms with Crippen LogP contribution in [-0.2, 0) is 14.8 Å². The normalized spacial score (nSPS) is 28.1. The third-order valence-electron chi connectivity index (χ3n) is 4.02. The third kappa shape index (κ3) is 3.09. The molecule has 2 saturated heterocycles. The molecule has 0 saturated carbocycles. The van der Waals surface area contributed by atoms with Crippen LogP contribution in [0.4, 0.5) is 0 Å². The molecule has 2 aliphatic heterocycles. The molecule has 2 aliphatic rings. The van der Waals surface area contributed by atoms with E-state index in [-0.39, 0.29) is 11.7 Å². The molecule has 2 fully saturated rings. The van der Waals surface area contributed by atoms with Crippen LogP contribution in [0.2, 0.25) is 0 Å². The standard InChI is InChI=1S/C12H23N3O3S/c1-4-19(17,18)15-7-10-5-14(6-11(10)8-15)12(16)9-13(2)3/h10-11H,4-9H2,1-3H3/t10-,11-/m1/s1. The number of hydrogen-bond acceptors (Lipinski definition) is 4. The first-order valence-electron chi connectivity index (χ1n) is 6.73. The van der Waals surface area contributed by atoms with E-state index in [1.165, 1.54) is 0 Å². The molecule has 1 amide bonds. The first-order chi connectivity index (χ1) is 8.83. The average molecular weight is 289 g/mol. The van der Waals surface area contributed by atoms with Gasteiger partial charge in [0.25, 0.3) is 0 Å². The fourth-order valence-corrected chi connectivity index (χ4v) is 4.14. The van der Waals surface area contributed by atoms with Crippen LogP contribution in [0.1, 0.15) is 6.92 Å². The van der Waals surface area contributed by atoms with E-state index in [1.807, 2.05) is 23.9 Å². The average Bonchev–Trinajstić information content (AvgIpc) is 2.85. The van der Waals surface area contributed by atoms with Gasteiger partial charge in [-0.1, -0.05) is 0 Å². The summed E-state index contributed by atoms with van der Waals surface area (Å²) in [5.74, 6) is 0.930. The number of nitrogens with zero attached hydrogens (tertiary/aromatic N) is 3. The van der Waals surface area contributed by atoms with E-state index in [0.717, 1.165) is 0 Å². The van der Waals surface area contributed by atoms with E-state index in [1.54, 1.807) is 11.2 Å². The zero-order valence-corrected chi connectivity index (χ0v) is 12.7. The Morgan fingerprint density at radius 2 is 1.68 bits per heavy atom. The molecule has 0 aromatic heterocycles. The van der Waals surface area contributed by atoms with Crippen molar-refractivity contribution in [2.24, 2.45) is 11.8 Å². The molecule has 19 heavy (non-hydrogen) atoms. The summed E-state index contributed by atoms with van der Waals surface area (Å²) >= 11 is 0. The van der Waals surface area contributed by atoms with Gasteiger partial charge in [-0.05, 0) is 32.9 Å². The van der Waals surface area contributed by atoms with E-state index in [9.17, 15) is 13.2 Å². The topological polar surface area (TPSA) is 60.9 Å². The largest absolute Gasteiger partial charge is 0.341 e.